The van der Waals surface area contributed by atoms with Gasteiger partial charge in [-0.15, -0.1) is 0 Å². The molecule has 1 aliphatic carbocycles. The van der Waals surface area contributed by atoms with Crippen LogP contribution in [0, 0.1) is 5.92 Å². The topological polar surface area (TPSA) is 43.8 Å². The highest BCUT2D eigenvalue weighted by Gasteiger charge is 2.31. The van der Waals surface area contributed by atoms with Gasteiger partial charge >= 0.3 is 0 Å². The van der Waals surface area contributed by atoms with Crippen LogP contribution in [0.5, 0.6) is 0 Å². The third-order valence-corrected chi connectivity index (χ3v) is 5.28. The van der Waals surface area contributed by atoms with Crippen LogP contribution in [0.2, 0.25) is 10.0 Å². The normalized spacial score (nSPS) is 21.9. The molecule has 0 bridgehead atoms. The van der Waals surface area contributed by atoms with E-state index < -0.39 is 0 Å². The zero-order chi connectivity index (χ0) is 15.1. The van der Waals surface area contributed by atoms with E-state index in [9.17, 15) is 0 Å². The predicted molar refractivity (Wildman–Crippen MR) is 88.8 cm³/mol. The number of nitrogens with zero attached hydrogens (tertiary/aromatic N) is 2. The molecule has 1 aliphatic rings. The molecular weight excluding hydrogens is 305 g/mol. The van der Waals surface area contributed by atoms with Gasteiger partial charge in [0.05, 0.1) is 15.7 Å². The molecule has 2 aromatic rings. The molecule has 1 heterocycles. The molecule has 21 heavy (non-hydrogen) atoms. The number of rotatable bonds is 2. The Bertz CT molecular complexity index is 678. The molecule has 0 aliphatic heterocycles. The molecule has 0 radical (unpaired) electrons. The highest BCUT2D eigenvalue weighted by atomic mass is 35.5. The van der Waals surface area contributed by atoms with Crippen molar-refractivity contribution in [3.8, 4) is 11.1 Å². The summed E-state index contributed by atoms with van der Waals surface area (Å²) in [5.74, 6) is 1.79. The summed E-state index contributed by atoms with van der Waals surface area (Å²) in [5, 5.41) is 5.79. The first kappa shape index (κ1) is 14.7. The monoisotopic (exact) mass is 323 g/mol. The van der Waals surface area contributed by atoms with E-state index in [1.165, 1.54) is 19.3 Å². The molecule has 5 heteroatoms. The highest BCUT2D eigenvalue weighted by molar-refractivity contribution is 6.42. The second kappa shape index (κ2) is 5.54. The molecule has 1 aromatic heterocycles. The van der Waals surface area contributed by atoms with Gasteiger partial charge in [-0.3, -0.25) is 4.68 Å². The first-order valence-corrected chi connectivity index (χ1v) is 8.02. The molecule has 0 spiro atoms. The zero-order valence-electron chi connectivity index (χ0n) is 12.2. The molecule has 112 valence electrons. The molecule has 3 nitrogen and oxygen atoms in total. The van der Waals surface area contributed by atoms with E-state index in [0.717, 1.165) is 16.8 Å². The van der Waals surface area contributed by atoms with Gasteiger partial charge < -0.3 is 5.73 Å². The van der Waals surface area contributed by atoms with E-state index in [1.54, 1.807) is 4.68 Å². The van der Waals surface area contributed by atoms with Crippen molar-refractivity contribution in [3.05, 3.63) is 33.9 Å². The van der Waals surface area contributed by atoms with Crippen LogP contribution in [0.25, 0.3) is 11.1 Å². The minimum absolute atomic E-state index is 0.470. The van der Waals surface area contributed by atoms with E-state index in [1.807, 2.05) is 25.2 Å². The number of nitrogen functional groups attached to an aromatic ring is 1. The van der Waals surface area contributed by atoms with Crippen molar-refractivity contribution in [2.45, 2.75) is 32.1 Å². The Kier molecular flexibility index (Phi) is 3.89. The Morgan fingerprint density at radius 2 is 2.00 bits per heavy atom. The predicted octanol–water partition coefficient (Wildman–Crippen LogP) is 4.88. The maximum Gasteiger partial charge on any atom is 0.129 e. The average Bonchev–Trinajstić information content (AvgIpc) is 2.98. The van der Waals surface area contributed by atoms with Crippen molar-refractivity contribution in [1.29, 1.82) is 0 Å². The second-order valence-electron chi connectivity index (χ2n) is 5.91. The van der Waals surface area contributed by atoms with Crippen LogP contribution in [0.4, 0.5) is 5.82 Å². The smallest absolute Gasteiger partial charge is 0.129 e. The van der Waals surface area contributed by atoms with Crippen LogP contribution in [-0.2, 0) is 7.05 Å². The summed E-state index contributed by atoms with van der Waals surface area (Å²) in [6.45, 7) is 2.29. The Hall–Kier alpha value is -1.19. The fourth-order valence-corrected chi connectivity index (χ4v) is 3.62. The van der Waals surface area contributed by atoms with Gasteiger partial charge in [0.15, 0.2) is 0 Å². The lowest BCUT2D eigenvalue weighted by Crippen LogP contribution is -2.05. The molecule has 0 saturated heterocycles. The molecule has 2 unspecified atom stereocenters. The highest BCUT2D eigenvalue weighted by Crippen LogP contribution is 2.44. The Morgan fingerprint density at radius 3 is 2.62 bits per heavy atom. The molecule has 3 rings (SSSR count). The maximum atomic E-state index is 6.26. The third kappa shape index (κ3) is 2.53. The van der Waals surface area contributed by atoms with Crippen molar-refractivity contribution in [2.75, 3.05) is 5.73 Å². The molecule has 0 amide bonds. The van der Waals surface area contributed by atoms with Crippen LogP contribution >= 0.6 is 23.2 Å². The minimum Gasteiger partial charge on any atom is -0.383 e. The van der Waals surface area contributed by atoms with Crippen molar-refractivity contribution >= 4 is 29.0 Å². The van der Waals surface area contributed by atoms with Gasteiger partial charge in [0, 0.05) is 18.5 Å². The summed E-state index contributed by atoms with van der Waals surface area (Å²) in [6.07, 6.45) is 3.68. The van der Waals surface area contributed by atoms with Crippen molar-refractivity contribution < 1.29 is 0 Å². The van der Waals surface area contributed by atoms with E-state index in [-0.39, 0.29) is 0 Å². The number of aromatic nitrogens is 2. The maximum absolute atomic E-state index is 6.26. The van der Waals surface area contributed by atoms with Crippen LogP contribution in [0.15, 0.2) is 18.2 Å². The lowest BCUT2D eigenvalue weighted by atomic mass is 9.90. The summed E-state index contributed by atoms with van der Waals surface area (Å²) in [4.78, 5) is 0. The fraction of sp³-hybridized carbons (Fsp3) is 0.438. The number of hydrogen-bond acceptors (Lipinski definition) is 2. The minimum atomic E-state index is 0.470. The van der Waals surface area contributed by atoms with Crippen LogP contribution < -0.4 is 5.73 Å². The van der Waals surface area contributed by atoms with Crippen LogP contribution in [0.3, 0.4) is 0 Å². The van der Waals surface area contributed by atoms with Gasteiger partial charge in [-0.25, -0.2) is 0 Å². The summed E-state index contributed by atoms with van der Waals surface area (Å²) >= 11 is 12.2. The summed E-state index contributed by atoms with van der Waals surface area (Å²) in [6, 6.07) is 5.65. The standard InChI is InChI=1S/C16H19Cl2N3/c1-9-4-3-5-11(9)15-14(16(19)21(2)20-15)10-6-7-12(17)13(18)8-10/h6-9,11H,3-5,19H2,1-2H3. The molecule has 1 fully saturated rings. The van der Waals surface area contributed by atoms with Crippen molar-refractivity contribution in [3.63, 3.8) is 0 Å². The fourth-order valence-electron chi connectivity index (χ4n) is 3.32. The molecule has 1 saturated carbocycles. The second-order valence-corrected chi connectivity index (χ2v) is 6.73. The Labute approximate surface area is 135 Å². The quantitative estimate of drug-likeness (QED) is 0.855. The van der Waals surface area contributed by atoms with E-state index in [2.05, 4.69) is 12.0 Å². The van der Waals surface area contributed by atoms with Gasteiger partial charge in [0.2, 0.25) is 0 Å². The average molecular weight is 324 g/mol. The lowest BCUT2D eigenvalue weighted by molar-refractivity contribution is 0.516. The molecule has 2 N–H and O–H groups in total. The number of hydrogen-bond donors (Lipinski definition) is 1. The van der Waals surface area contributed by atoms with Gasteiger partial charge in [-0.05, 0) is 30.0 Å². The first-order valence-electron chi connectivity index (χ1n) is 7.26. The molecular formula is C16H19Cl2N3. The summed E-state index contributed by atoms with van der Waals surface area (Å²) in [7, 11) is 1.89. The summed E-state index contributed by atoms with van der Waals surface area (Å²) < 4.78 is 1.76. The van der Waals surface area contributed by atoms with E-state index >= 15 is 0 Å². The SMILES string of the molecule is CC1CCCC1c1nn(C)c(N)c1-c1ccc(Cl)c(Cl)c1. The Morgan fingerprint density at radius 1 is 1.24 bits per heavy atom. The van der Waals surface area contributed by atoms with Gasteiger partial charge in [0.25, 0.3) is 0 Å². The zero-order valence-corrected chi connectivity index (χ0v) is 13.7. The number of nitrogens with two attached hydrogens (primary N) is 1. The summed E-state index contributed by atoms with van der Waals surface area (Å²) in [5.41, 5.74) is 9.36. The largest absolute Gasteiger partial charge is 0.383 e. The molecule has 2 atom stereocenters. The lowest BCUT2D eigenvalue weighted by Gasteiger charge is -2.15. The molecule has 1 aromatic carbocycles. The first-order chi connectivity index (χ1) is 9.99. The number of benzene rings is 1. The van der Waals surface area contributed by atoms with Crippen LogP contribution in [-0.4, -0.2) is 9.78 Å². The number of aryl methyl sites for hydroxylation is 1. The van der Waals surface area contributed by atoms with Crippen LogP contribution in [0.1, 0.15) is 37.8 Å². The number of halogens is 2. The van der Waals surface area contributed by atoms with Crippen molar-refractivity contribution in [1.82, 2.24) is 9.78 Å². The Balaban J connectivity index is 2.14. The number of anilines is 1. The third-order valence-electron chi connectivity index (χ3n) is 4.54. The van der Waals surface area contributed by atoms with Gasteiger partial charge in [0.1, 0.15) is 5.82 Å². The van der Waals surface area contributed by atoms with E-state index in [4.69, 9.17) is 28.9 Å². The van der Waals surface area contributed by atoms with E-state index in [0.29, 0.717) is 27.7 Å². The van der Waals surface area contributed by atoms with Gasteiger partial charge in [-0.2, -0.15) is 5.10 Å². The van der Waals surface area contributed by atoms with Crippen molar-refractivity contribution in [2.24, 2.45) is 13.0 Å². The van der Waals surface area contributed by atoms with Gasteiger partial charge in [-0.1, -0.05) is 49.0 Å².